The SMILES string of the molecule is CCNCC(C)S(=O)(=O)Nc1c(F)ccc(C)c1F. The van der Waals surface area contributed by atoms with E-state index < -0.39 is 32.6 Å². The van der Waals surface area contributed by atoms with Gasteiger partial charge in [0.25, 0.3) is 0 Å². The first-order valence-electron chi connectivity index (χ1n) is 5.96. The maximum Gasteiger partial charge on any atom is 0.236 e. The van der Waals surface area contributed by atoms with Crippen molar-refractivity contribution in [2.45, 2.75) is 26.0 Å². The molecule has 0 aliphatic rings. The first-order chi connectivity index (χ1) is 8.79. The van der Waals surface area contributed by atoms with Crippen LogP contribution in [0.3, 0.4) is 0 Å². The van der Waals surface area contributed by atoms with Gasteiger partial charge in [0.15, 0.2) is 5.82 Å². The molecule has 7 heteroatoms. The predicted molar refractivity (Wildman–Crippen MR) is 71.6 cm³/mol. The Bertz CT molecular complexity index is 547. The first-order valence-corrected chi connectivity index (χ1v) is 7.51. The van der Waals surface area contributed by atoms with Crippen LogP contribution >= 0.6 is 0 Å². The molecule has 0 amide bonds. The molecule has 0 saturated carbocycles. The minimum Gasteiger partial charge on any atom is -0.316 e. The van der Waals surface area contributed by atoms with Gasteiger partial charge in [-0.05, 0) is 32.0 Å². The lowest BCUT2D eigenvalue weighted by molar-refractivity contribution is 0.569. The minimum absolute atomic E-state index is 0.179. The average molecular weight is 292 g/mol. The third-order valence-corrected chi connectivity index (χ3v) is 4.45. The number of rotatable bonds is 6. The fourth-order valence-electron chi connectivity index (χ4n) is 1.45. The summed E-state index contributed by atoms with van der Waals surface area (Å²) < 4.78 is 53.1. The summed E-state index contributed by atoms with van der Waals surface area (Å²) in [5, 5.41) is 2.07. The molecule has 1 unspecified atom stereocenters. The maximum absolute atomic E-state index is 13.7. The van der Waals surface area contributed by atoms with E-state index in [9.17, 15) is 17.2 Å². The summed E-state index contributed by atoms with van der Waals surface area (Å²) in [4.78, 5) is 0. The van der Waals surface area contributed by atoms with E-state index in [1.54, 1.807) is 0 Å². The highest BCUT2D eigenvalue weighted by Crippen LogP contribution is 2.23. The standard InChI is InChI=1S/C12H18F2N2O2S/c1-4-15-7-9(3)19(17,18)16-12-10(13)6-5-8(2)11(12)14/h5-6,9,15-16H,4,7H2,1-3H3. The minimum atomic E-state index is -3.84. The summed E-state index contributed by atoms with van der Waals surface area (Å²) in [6.45, 7) is 5.58. The Hall–Kier alpha value is -1.21. The van der Waals surface area contributed by atoms with E-state index in [0.29, 0.717) is 6.54 Å². The number of nitrogens with one attached hydrogen (secondary N) is 2. The van der Waals surface area contributed by atoms with Crippen molar-refractivity contribution in [2.75, 3.05) is 17.8 Å². The number of aryl methyl sites for hydroxylation is 1. The Balaban J connectivity index is 2.99. The van der Waals surface area contributed by atoms with E-state index >= 15 is 0 Å². The molecule has 0 aliphatic carbocycles. The smallest absolute Gasteiger partial charge is 0.236 e. The van der Waals surface area contributed by atoms with Gasteiger partial charge in [-0.3, -0.25) is 4.72 Å². The van der Waals surface area contributed by atoms with Gasteiger partial charge in [-0.25, -0.2) is 17.2 Å². The van der Waals surface area contributed by atoms with Gasteiger partial charge in [0.1, 0.15) is 11.5 Å². The molecule has 1 aromatic carbocycles. The summed E-state index contributed by atoms with van der Waals surface area (Å²) in [6.07, 6.45) is 0. The molecule has 0 aromatic heterocycles. The summed E-state index contributed by atoms with van der Waals surface area (Å²) in [6, 6.07) is 2.29. The molecule has 0 bridgehead atoms. The van der Waals surface area contributed by atoms with E-state index in [1.807, 2.05) is 11.6 Å². The molecule has 0 saturated heterocycles. The van der Waals surface area contributed by atoms with E-state index in [4.69, 9.17) is 0 Å². The van der Waals surface area contributed by atoms with Gasteiger partial charge in [0, 0.05) is 6.54 Å². The highest BCUT2D eigenvalue weighted by atomic mass is 32.2. The molecule has 0 heterocycles. The molecule has 0 aliphatic heterocycles. The summed E-state index contributed by atoms with van der Waals surface area (Å²) in [5.41, 5.74) is -0.443. The molecule has 0 radical (unpaired) electrons. The lowest BCUT2D eigenvalue weighted by Gasteiger charge is -2.16. The zero-order valence-corrected chi connectivity index (χ0v) is 11.9. The number of sulfonamides is 1. The van der Waals surface area contributed by atoms with Crippen molar-refractivity contribution in [1.29, 1.82) is 0 Å². The predicted octanol–water partition coefficient (Wildman–Crippen LogP) is 2.01. The molecule has 0 fully saturated rings. The second-order valence-electron chi connectivity index (χ2n) is 4.32. The molecule has 4 nitrogen and oxygen atoms in total. The maximum atomic E-state index is 13.7. The van der Waals surface area contributed by atoms with Crippen molar-refractivity contribution in [3.63, 3.8) is 0 Å². The molecule has 0 spiro atoms. The highest BCUT2D eigenvalue weighted by molar-refractivity contribution is 7.93. The molecular formula is C12H18F2N2O2S. The van der Waals surface area contributed by atoms with Gasteiger partial charge in [-0.15, -0.1) is 0 Å². The van der Waals surface area contributed by atoms with Gasteiger partial charge in [-0.2, -0.15) is 0 Å². The summed E-state index contributed by atoms with van der Waals surface area (Å²) >= 11 is 0. The summed E-state index contributed by atoms with van der Waals surface area (Å²) in [5.74, 6) is -1.82. The second-order valence-corrected chi connectivity index (χ2v) is 6.42. The van der Waals surface area contributed by atoms with Crippen molar-refractivity contribution >= 4 is 15.7 Å². The van der Waals surface area contributed by atoms with Crippen LogP contribution in [0.1, 0.15) is 19.4 Å². The van der Waals surface area contributed by atoms with Crippen LogP contribution in [0, 0.1) is 18.6 Å². The first kappa shape index (κ1) is 15.8. The topological polar surface area (TPSA) is 58.2 Å². The van der Waals surface area contributed by atoms with Crippen LogP contribution in [0.4, 0.5) is 14.5 Å². The molecule has 108 valence electrons. The van der Waals surface area contributed by atoms with Crippen LogP contribution in [0.25, 0.3) is 0 Å². The van der Waals surface area contributed by atoms with Crippen LogP contribution in [0.2, 0.25) is 0 Å². The number of anilines is 1. The van der Waals surface area contributed by atoms with Crippen molar-refractivity contribution < 1.29 is 17.2 Å². The van der Waals surface area contributed by atoms with E-state index in [2.05, 4.69) is 5.32 Å². The fourth-order valence-corrected chi connectivity index (χ4v) is 2.46. The number of benzene rings is 1. The van der Waals surface area contributed by atoms with Crippen molar-refractivity contribution in [3.05, 3.63) is 29.3 Å². The Morgan fingerprint density at radius 2 is 1.95 bits per heavy atom. The molecule has 1 aromatic rings. The van der Waals surface area contributed by atoms with Gasteiger partial charge in [-0.1, -0.05) is 13.0 Å². The van der Waals surface area contributed by atoms with Crippen molar-refractivity contribution in [2.24, 2.45) is 0 Å². The number of halogens is 2. The van der Waals surface area contributed by atoms with Crippen LogP contribution in [-0.4, -0.2) is 26.8 Å². The fraction of sp³-hybridized carbons (Fsp3) is 0.500. The summed E-state index contributed by atoms with van der Waals surface area (Å²) in [7, 11) is -3.84. The largest absolute Gasteiger partial charge is 0.316 e. The molecular weight excluding hydrogens is 274 g/mol. The van der Waals surface area contributed by atoms with E-state index in [0.717, 1.165) is 6.07 Å². The Kier molecular flexibility index (Phi) is 5.25. The van der Waals surface area contributed by atoms with Gasteiger partial charge < -0.3 is 5.32 Å². The van der Waals surface area contributed by atoms with E-state index in [-0.39, 0.29) is 12.1 Å². The van der Waals surface area contributed by atoms with Gasteiger partial charge >= 0.3 is 0 Å². The van der Waals surface area contributed by atoms with Crippen LogP contribution in [-0.2, 0) is 10.0 Å². The number of hydrogen-bond acceptors (Lipinski definition) is 3. The quantitative estimate of drug-likeness (QED) is 0.843. The van der Waals surface area contributed by atoms with Crippen molar-refractivity contribution in [3.8, 4) is 0 Å². The Morgan fingerprint density at radius 1 is 1.32 bits per heavy atom. The van der Waals surface area contributed by atoms with E-state index in [1.165, 1.54) is 19.9 Å². The zero-order chi connectivity index (χ0) is 14.6. The van der Waals surface area contributed by atoms with Crippen LogP contribution < -0.4 is 10.0 Å². The zero-order valence-electron chi connectivity index (χ0n) is 11.1. The Labute approximate surface area is 112 Å². The van der Waals surface area contributed by atoms with Gasteiger partial charge in [0.05, 0.1) is 5.25 Å². The Morgan fingerprint density at radius 3 is 2.53 bits per heavy atom. The molecule has 1 atom stereocenters. The van der Waals surface area contributed by atoms with Gasteiger partial charge in [0.2, 0.25) is 10.0 Å². The lowest BCUT2D eigenvalue weighted by Crippen LogP contribution is -2.35. The third kappa shape index (κ3) is 3.87. The molecule has 19 heavy (non-hydrogen) atoms. The lowest BCUT2D eigenvalue weighted by atomic mass is 10.2. The normalized spacial score (nSPS) is 13.3. The van der Waals surface area contributed by atoms with Crippen LogP contribution in [0.15, 0.2) is 12.1 Å². The highest BCUT2D eigenvalue weighted by Gasteiger charge is 2.23. The molecule has 2 N–H and O–H groups in total. The number of hydrogen-bond donors (Lipinski definition) is 2. The van der Waals surface area contributed by atoms with Crippen molar-refractivity contribution in [1.82, 2.24) is 5.32 Å². The second kappa shape index (κ2) is 6.29. The van der Waals surface area contributed by atoms with Crippen LogP contribution in [0.5, 0.6) is 0 Å². The average Bonchev–Trinajstić information content (AvgIpc) is 2.36. The monoisotopic (exact) mass is 292 g/mol. The molecule has 1 rings (SSSR count). The third-order valence-electron chi connectivity index (χ3n) is 2.74.